The number of carbonyl (C=O) groups excluding carboxylic acids is 3. The van der Waals surface area contributed by atoms with Gasteiger partial charge in [-0.2, -0.15) is 0 Å². The third-order valence-electron chi connectivity index (χ3n) is 4.90. The number of epoxide rings is 1. The maximum Gasteiger partial charge on any atom is 0.245 e. The van der Waals surface area contributed by atoms with Gasteiger partial charge >= 0.3 is 0 Å². The van der Waals surface area contributed by atoms with Gasteiger partial charge in [-0.1, -0.05) is 38.7 Å². The number of rotatable bonds is 15. The van der Waals surface area contributed by atoms with Crippen molar-refractivity contribution in [3.05, 3.63) is 12.2 Å². The van der Waals surface area contributed by atoms with E-state index in [0.717, 1.165) is 19.3 Å². The molecule has 0 bridgehead atoms. The molecule has 0 aromatic carbocycles. The predicted molar refractivity (Wildman–Crippen MR) is 109 cm³/mol. The van der Waals surface area contributed by atoms with Crippen molar-refractivity contribution in [1.82, 2.24) is 10.6 Å². The van der Waals surface area contributed by atoms with E-state index in [1.165, 1.54) is 0 Å². The van der Waals surface area contributed by atoms with Gasteiger partial charge in [0.2, 0.25) is 11.8 Å². The standard InChI is InChI=1S/C21H36N2O6/c1-14(2)8-6-5-7-9-18(26)22-17(11-24)20(28)23-16(10-15(3)4)19(27)21(12-25)13-29-21/h14,16-17,24-25H,3,5-13H2,1-2,4H3,(H,22,26)(H,23,28)/t16-,17-,21-/m0/s1. The number of ketones is 1. The van der Waals surface area contributed by atoms with Gasteiger partial charge in [0, 0.05) is 6.42 Å². The number of hydrogen-bond acceptors (Lipinski definition) is 6. The van der Waals surface area contributed by atoms with E-state index in [0.29, 0.717) is 17.9 Å². The SMILES string of the molecule is C=C(C)C[C@H](NC(=O)[C@H](CO)NC(=O)CCCCCC(C)C)C(=O)[C@]1(CO)CO1. The topological polar surface area (TPSA) is 128 Å². The highest BCUT2D eigenvalue weighted by molar-refractivity contribution is 5.98. The number of unbranched alkanes of at least 4 members (excludes halogenated alkanes) is 2. The van der Waals surface area contributed by atoms with Gasteiger partial charge in [-0.15, -0.1) is 6.58 Å². The van der Waals surface area contributed by atoms with E-state index in [1.54, 1.807) is 6.92 Å². The lowest BCUT2D eigenvalue weighted by Crippen LogP contribution is -2.55. The number of hydrogen-bond donors (Lipinski definition) is 4. The Morgan fingerprint density at radius 1 is 1.10 bits per heavy atom. The van der Waals surface area contributed by atoms with Crippen LogP contribution < -0.4 is 10.6 Å². The Kier molecular flexibility index (Phi) is 10.5. The maximum atomic E-state index is 12.6. The summed E-state index contributed by atoms with van der Waals surface area (Å²) in [6.45, 7) is 8.84. The molecule has 0 spiro atoms. The summed E-state index contributed by atoms with van der Waals surface area (Å²) in [6.07, 6.45) is 4.26. The van der Waals surface area contributed by atoms with Crippen molar-refractivity contribution >= 4 is 17.6 Å². The summed E-state index contributed by atoms with van der Waals surface area (Å²) in [5.74, 6) is -0.783. The van der Waals surface area contributed by atoms with Crippen molar-refractivity contribution in [2.75, 3.05) is 19.8 Å². The molecule has 0 unspecified atom stereocenters. The second kappa shape index (κ2) is 12.0. The van der Waals surface area contributed by atoms with Crippen LogP contribution in [-0.2, 0) is 19.1 Å². The van der Waals surface area contributed by atoms with Crippen molar-refractivity contribution in [3.63, 3.8) is 0 Å². The van der Waals surface area contributed by atoms with Crippen LogP contribution in [0.5, 0.6) is 0 Å². The molecule has 29 heavy (non-hydrogen) atoms. The molecule has 0 aromatic rings. The quantitative estimate of drug-likeness (QED) is 0.179. The van der Waals surface area contributed by atoms with Gasteiger partial charge in [-0.25, -0.2) is 0 Å². The first-order chi connectivity index (χ1) is 13.6. The highest BCUT2D eigenvalue weighted by Crippen LogP contribution is 2.29. The van der Waals surface area contributed by atoms with Gasteiger partial charge < -0.3 is 25.6 Å². The molecule has 166 valence electrons. The zero-order chi connectivity index (χ0) is 22.0. The van der Waals surface area contributed by atoms with Gasteiger partial charge in [-0.3, -0.25) is 14.4 Å². The molecule has 1 aliphatic rings. The summed E-state index contributed by atoms with van der Waals surface area (Å²) in [7, 11) is 0. The average molecular weight is 413 g/mol. The van der Waals surface area contributed by atoms with Crippen molar-refractivity contribution < 1.29 is 29.3 Å². The molecule has 1 saturated heterocycles. The molecule has 1 fully saturated rings. The van der Waals surface area contributed by atoms with E-state index >= 15 is 0 Å². The molecule has 0 aliphatic carbocycles. The summed E-state index contributed by atoms with van der Waals surface area (Å²) < 4.78 is 5.08. The molecule has 0 aromatic heterocycles. The van der Waals surface area contributed by atoms with Crippen LogP contribution in [0.25, 0.3) is 0 Å². The zero-order valence-electron chi connectivity index (χ0n) is 17.8. The van der Waals surface area contributed by atoms with E-state index in [1.807, 2.05) is 0 Å². The molecule has 2 amide bonds. The Bertz CT molecular complexity index is 586. The Labute approximate surface area is 173 Å². The largest absolute Gasteiger partial charge is 0.394 e. The molecule has 4 N–H and O–H groups in total. The molecular formula is C21H36N2O6. The minimum absolute atomic E-state index is 0.0991. The fourth-order valence-corrected chi connectivity index (χ4v) is 3.02. The van der Waals surface area contributed by atoms with Crippen LogP contribution in [-0.4, -0.2) is 65.3 Å². The second-order valence-electron chi connectivity index (χ2n) is 8.32. The van der Waals surface area contributed by atoms with Gasteiger partial charge in [0.25, 0.3) is 0 Å². The first-order valence-electron chi connectivity index (χ1n) is 10.3. The Morgan fingerprint density at radius 3 is 2.24 bits per heavy atom. The van der Waals surface area contributed by atoms with Crippen molar-refractivity contribution in [1.29, 1.82) is 0 Å². The van der Waals surface area contributed by atoms with Crippen LogP contribution in [0.1, 0.15) is 59.3 Å². The first-order valence-corrected chi connectivity index (χ1v) is 10.3. The van der Waals surface area contributed by atoms with E-state index < -0.39 is 42.6 Å². The van der Waals surface area contributed by atoms with Crippen molar-refractivity contribution in [2.45, 2.75) is 77.0 Å². The molecule has 3 atom stereocenters. The van der Waals surface area contributed by atoms with Gasteiger partial charge in [0.1, 0.15) is 6.04 Å². The van der Waals surface area contributed by atoms with E-state index in [2.05, 4.69) is 31.1 Å². The molecule has 8 nitrogen and oxygen atoms in total. The average Bonchev–Trinajstić information content (AvgIpc) is 3.45. The van der Waals surface area contributed by atoms with E-state index in [9.17, 15) is 24.6 Å². The fourth-order valence-electron chi connectivity index (χ4n) is 3.02. The summed E-state index contributed by atoms with van der Waals surface area (Å²) in [5, 5.41) is 24.0. The van der Waals surface area contributed by atoms with E-state index in [4.69, 9.17) is 4.74 Å². The molecular weight excluding hydrogens is 376 g/mol. The van der Waals surface area contributed by atoms with Crippen LogP contribution >= 0.6 is 0 Å². The Hall–Kier alpha value is -1.77. The number of amides is 2. The second-order valence-corrected chi connectivity index (χ2v) is 8.32. The van der Waals surface area contributed by atoms with Crippen LogP contribution in [0.3, 0.4) is 0 Å². The maximum absolute atomic E-state index is 12.6. The van der Waals surface area contributed by atoms with Gasteiger partial charge in [0.15, 0.2) is 11.4 Å². The number of Topliss-reactive ketones (excluding diaryl/α,β-unsaturated/α-hetero) is 1. The monoisotopic (exact) mass is 412 g/mol. The lowest BCUT2D eigenvalue weighted by atomic mass is 9.94. The molecule has 1 heterocycles. The molecule has 0 saturated carbocycles. The van der Waals surface area contributed by atoms with Crippen LogP contribution in [0, 0.1) is 5.92 Å². The number of carbonyl (C=O) groups is 3. The fraction of sp³-hybridized carbons (Fsp3) is 0.762. The third-order valence-corrected chi connectivity index (χ3v) is 4.90. The summed E-state index contributed by atoms with van der Waals surface area (Å²) in [5.41, 5.74) is -0.607. The third kappa shape index (κ3) is 8.64. The lowest BCUT2D eigenvalue weighted by Gasteiger charge is -2.23. The summed E-state index contributed by atoms with van der Waals surface area (Å²) >= 11 is 0. The highest BCUT2D eigenvalue weighted by Gasteiger charge is 2.54. The molecule has 1 aliphatic heterocycles. The van der Waals surface area contributed by atoms with Crippen LogP contribution in [0.15, 0.2) is 12.2 Å². The van der Waals surface area contributed by atoms with Crippen molar-refractivity contribution in [2.24, 2.45) is 5.92 Å². The van der Waals surface area contributed by atoms with Crippen LogP contribution in [0.2, 0.25) is 0 Å². The highest BCUT2D eigenvalue weighted by atomic mass is 16.6. The smallest absolute Gasteiger partial charge is 0.245 e. The summed E-state index contributed by atoms with van der Waals surface area (Å²) in [4.78, 5) is 37.2. The van der Waals surface area contributed by atoms with Crippen LogP contribution in [0.4, 0.5) is 0 Å². The number of aliphatic hydroxyl groups is 2. The minimum Gasteiger partial charge on any atom is -0.394 e. The first kappa shape index (κ1) is 25.3. The van der Waals surface area contributed by atoms with Crippen molar-refractivity contribution in [3.8, 4) is 0 Å². The molecule has 0 radical (unpaired) electrons. The Balaban J connectivity index is 2.56. The number of aliphatic hydroxyl groups excluding tert-OH is 2. The number of nitrogens with one attached hydrogen (secondary N) is 2. The Morgan fingerprint density at radius 2 is 1.76 bits per heavy atom. The van der Waals surface area contributed by atoms with Gasteiger partial charge in [0.05, 0.1) is 25.9 Å². The zero-order valence-corrected chi connectivity index (χ0v) is 17.8. The normalized spacial score (nSPS) is 20.1. The van der Waals surface area contributed by atoms with Gasteiger partial charge in [-0.05, 0) is 25.7 Å². The number of ether oxygens (including phenoxy) is 1. The van der Waals surface area contributed by atoms with E-state index in [-0.39, 0.29) is 25.4 Å². The predicted octanol–water partition coefficient (Wildman–Crippen LogP) is 0.851. The molecule has 1 rings (SSSR count). The summed E-state index contributed by atoms with van der Waals surface area (Å²) in [6, 6.07) is -2.10. The minimum atomic E-state index is -1.28. The molecule has 8 heteroatoms. The lowest BCUT2D eigenvalue weighted by molar-refractivity contribution is -0.134.